The summed E-state index contributed by atoms with van der Waals surface area (Å²) in [4.78, 5) is 23.7. The summed E-state index contributed by atoms with van der Waals surface area (Å²) < 4.78 is 5.35. The van der Waals surface area contributed by atoms with E-state index in [1.54, 1.807) is 12.1 Å². The van der Waals surface area contributed by atoms with Crippen molar-refractivity contribution < 1.29 is 19.4 Å². The summed E-state index contributed by atoms with van der Waals surface area (Å²) >= 11 is 6.25. The van der Waals surface area contributed by atoms with Gasteiger partial charge < -0.3 is 15.2 Å². The first-order valence-corrected chi connectivity index (χ1v) is 7.22. The van der Waals surface area contributed by atoms with Gasteiger partial charge in [0.05, 0.1) is 5.41 Å². The van der Waals surface area contributed by atoms with E-state index in [0.29, 0.717) is 31.1 Å². The second-order valence-electron chi connectivity index (χ2n) is 5.21. The fourth-order valence-corrected chi connectivity index (χ4v) is 2.90. The minimum Gasteiger partial charge on any atom is -0.480 e. The van der Waals surface area contributed by atoms with Gasteiger partial charge in [-0.1, -0.05) is 29.8 Å². The molecular weight excluding hydrogens is 294 g/mol. The zero-order valence-corrected chi connectivity index (χ0v) is 12.5. The zero-order valence-electron chi connectivity index (χ0n) is 11.8. The molecule has 1 atom stereocenters. The molecule has 0 bridgehead atoms. The second-order valence-corrected chi connectivity index (χ2v) is 5.61. The number of hydrogen-bond acceptors (Lipinski definition) is 3. The number of carbonyl (C=O) groups is 2. The zero-order chi connectivity index (χ0) is 15.5. The Bertz CT molecular complexity index is 540. The van der Waals surface area contributed by atoms with Crippen molar-refractivity contribution in [1.82, 2.24) is 5.32 Å². The third-order valence-electron chi connectivity index (χ3n) is 3.89. The number of hydrogen-bond donors (Lipinski definition) is 2. The highest BCUT2D eigenvalue weighted by Gasteiger charge is 2.43. The molecule has 1 amide bonds. The van der Waals surface area contributed by atoms with Crippen LogP contribution in [0.2, 0.25) is 5.02 Å². The molecular formula is C15H18ClNO4. The Morgan fingerprint density at radius 1 is 1.33 bits per heavy atom. The third kappa shape index (κ3) is 3.19. The summed E-state index contributed by atoms with van der Waals surface area (Å²) in [5.74, 6) is -1.38. The van der Waals surface area contributed by atoms with E-state index in [1.165, 1.54) is 6.92 Å². The van der Waals surface area contributed by atoms with Crippen LogP contribution in [-0.4, -0.2) is 36.2 Å². The van der Waals surface area contributed by atoms with E-state index in [4.69, 9.17) is 21.4 Å². The standard InChI is InChI=1S/C15H18ClNO4/c1-10(13(18)19)17-14(20)15(6-8-21-9-7-15)11-4-2-3-5-12(11)16/h2-5,10H,6-9H2,1H3,(H,17,20)(H,18,19). The van der Waals surface area contributed by atoms with Crippen LogP contribution in [0.3, 0.4) is 0 Å². The van der Waals surface area contributed by atoms with E-state index < -0.39 is 17.4 Å². The van der Waals surface area contributed by atoms with Crippen LogP contribution in [0.1, 0.15) is 25.3 Å². The van der Waals surface area contributed by atoms with Crippen molar-refractivity contribution in [1.29, 1.82) is 0 Å². The minimum atomic E-state index is -1.07. The highest BCUT2D eigenvalue weighted by molar-refractivity contribution is 6.31. The van der Waals surface area contributed by atoms with Crippen LogP contribution in [0.5, 0.6) is 0 Å². The van der Waals surface area contributed by atoms with Gasteiger partial charge in [-0.25, -0.2) is 0 Å². The van der Waals surface area contributed by atoms with Gasteiger partial charge in [0.25, 0.3) is 0 Å². The van der Waals surface area contributed by atoms with Gasteiger partial charge in [0, 0.05) is 18.2 Å². The molecule has 0 saturated carbocycles. The smallest absolute Gasteiger partial charge is 0.325 e. The second kappa shape index (κ2) is 6.45. The number of halogens is 1. The predicted molar refractivity (Wildman–Crippen MR) is 78.4 cm³/mol. The Labute approximate surface area is 128 Å². The van der Waals surface area contributed by atoms with E-state index in [9.17, 15) is 9.59 Å². The molecule has 114 valence electrons. The minimum absolute atomic E-state index is 0.311. The summed E-state index contributed by atoms with van der Waals surface area (Å²) in [5, 5.41) is 12.0. The van der Waals surface area contributed by atoms with E-state index >= 15 is 0 Å². The Balaban J connectivity index is 2.36. The lowest BCUT2D eigenvalue weighted by Crippen LogP contribution is -2.52. The SMILES string of the molecule is CC(NC(=O)C1(c2ccccc2Cl)CCOCC1)C(=O)O. The summed E-state index contributed by atoms with van der Waals surface area (Å²) in [6, 6.07) is 6.24. The van der Waals surface area contributed by atoms with Gasteiger partial charge in [0.15, 0.2) is 0 Å². The maximum absolute atomic E-state index is 12.7. The van der Waals surface area contributed by atoms with Crippen molar-refractivity contribution in [2.75, 3.05) is 13.2 Å². The number of benzene rings is 1. The summed E-state index contributed by atoms with van der Waals surface area (Å²) in [6.07, 6.45) is 0.962. The third-order valence-corrected chi connectivity index (χ3v) is 4.22. The lowest BCUT2D eigenvalue weighted by molar-refractivity contribution is -0.143. The molecule has 2 N–H and O–H groups in total. The molecule has 1 aliphatic heterocycles. The first-order chi connectivity index (χ1) is 9.97. The van der Waals surface area contributed by atoms with Crippen molar-refractivity contribution in [3.8, 4) is 0 Å². The lowest BCUT2D eigenvalue weighted by atomic mass is 9.73. The molecule has 1 heterocycles. The summed E-state index contributed by atoms with van der Waals surface area (Å²) in [5.41, 5.74) is -0.106. The molecule has 5 nitrogen and oxygen atoms in total. The van der Waals surface area contributed by atoms with Gasteiger partial charge in [-0.15, -0.1) is 0 Å². The number of ether oxygens (including phenoxy) is 1. The van der Waals surface area contributed by atoms with Crippen molar-refractivity contribution in [2.24, 2.45) is 0 Å². The first-order valence-electron chi connectivity index (χ1n) is 6.84. The van der Waals surface area contributed by atoms with Crippen LogP contribution in [0, 0.1) is 0 Å². The summed E-state index contributed by atoms with van der Waals surface area (Å²) in [6.45, 7) is 2.33. The van der Waals surface area contributed by atoms with Gasteiger partial charge in [-0.2, -0.15) is 0 Å². The monoisotopic (exact) mass is 311 g/mol. The number of carbonyl (C=O) groups excluding carboxylic acids is 1. The van der Waals surface area contributed by atoms with Crippen molar-refractivity contribution in [3.63, 3.8) is 0 Å². The van der Waals surface area contributed by atoms with Gasteiger partial charge in [0.2, 0.25) is 5.91 Å². The highest BCUT2D eigenvalue weighted by Crippen LogP contribution is 2.38. The molecule has 2 rings (SSSR count). The predicted octanol–water partition coefficient (Wildman–Crippen LogP) is 1.98. The maximum atomic E-state index is 12.7. The lowest BCUT2D eigenvalue weighted by Gasteiger charge is -2.37. The molecule has 1 aromatic rings. The van der Waals surface area contributed by atoms with Crippen molar-refractivity contribution in [3.05, 3.63) is 34.9 Å². The largest absolute Gasteiger partial charge is 0.480 e. The molecule has 6 heteroatoms. The molecule has 1 unspecified atom stereocenters. The normalized spacial score (nSPS) is 18.8. The molecule has 1 saturated heterocycles. The Morgan fingerprint density at radius 2 is 1.95 bits per heavy atom. The highest BCUT2D eigenvalue weighted by atomic mass is 35.5. The Hall–Kier alpha value is -1.59. The Kier molecular flexibility index (Phi) is 4.85. The molecule has 0 spiro atoms. The molecule has 0 aromatic heterocycles. The molecule has 0 radical (unpaired) electrons. The van der Waals surface area contributed by atoms with Crippen molar-refractivity contribution in [2.45, 2.75) is 31.2 Å². The molecule has 1 fully saturated rings. The Morgan fingerprint density at radius 3 is 2.52 bits per heavy atom. The van der Waals surface area contributed by atoms with Gasteiger partial charge >= 0.3 is 5.97 Å². The molecule has 21 heavy (non-hydrogen) atoms. The topological polar surface area (TPSA) is 75.6 Å². The van der Waals surface area contributed by atoms with Gasteiger partial charge in [-0.05, 0) is 31.4 Å². The van der Waals surface area contributed by atoms with Crippen molar-refractivity contribution >= 4 is 23.5 Å². The van der Waals surface area contributed by atoms with Gasteiger partial charge in [0.1, 0.15) is 6.04 Å². The quantitative estimate of drug-likeness (QED) is 0.891. The number of carboxylic acids is 1. The molecule has 1 aliphatic rings. The van der Waals surface area contributed by atoms with Crippen LogP contribution < -0.4 is 5.32 Å². The number of carboxylic acid groups (broad SMARTS) is 1. The number of rotatable bonds is 4. The van der Waals surface area contributed by atoms with E-state index in [1.807, 2.05) is 12.1 Å². The molecule has 0 aliphatic carbocycles. The number of aliphatic carboxylic acids is 1. The summed E-state index contributed by atoms with van der Waals surface area (Å²) in [7, 11) is 0. The molecule has 1 aromatic carbocycles. The van der Waals surface area contributed by atoms with Crippen LogP contribution in [0.15, 0.2) is 24.3 Å². The average molecular weight is 312 g/mol. The van der Waals surface area contributed by atoms with Crippen LogP contribution >= 0.6 is 11.6 Å². The van der Waals surface area contributed by atoms with E-state index in [-0.39, 0.29) is 5.91 Å². The number of amides is 1. The fourth-order valence-electron chi connectivity index (χ4n) is 2.58. The first kappa shape index (κ1) is 15.8. The van der Waals surface area contributed by atoms with E-state index in [0.717, 1.165) is 5.56 Å². The van der Waals surface area contributed by atoms with E-state index in [2.05, 4.69) is 5.32 Å². The number of nitrogens with one attached hydrogen (secondary N) is 1. The van der Waals surface area contributed by atoms with Crippen LogP contribution in [-0.2, 0) is 19.7 Å². The maximum Gasteiger partial charge on any atom is 0.325 e. The van der Waals surface area contributed by atoms with Crippen LogP contribution in [0.25, 0.3) is 0 Å². The van der Waals surface area contributed by atoms with Crippen LogP contribution in [0.4, 0.5) is 0 Å². The average Bonchev–Trinajstić information content (AvgIpc) is 2.48. The van der Waals surface area contributed by atoms with Gasteiger partial charge in [-0.3, -0.25) is 9.59 Å². The fraction of sp³-hybridized carbons (Fsp3) is 0.467.